The van der Waals surface area contributed by atoms with E-state index in [9.17, 15) is 14.7 Å². The first-order valence-electron chi connectivity index (χ1n) is 11.2. The van der Waals surface area contributed by atoms with Gasteiger partial charge in [-0.1, -0.05) is 42.5 Å². The number of aliphatic hydroxyl groups excluding tert-OH is 1. The van der Waals surface area contributed by atoms with Gasteiger partial charge in [0.15, 0.2) is 11.5 Å². The largest absolute Gasteiger partial charge is 0.507 e. The van der Waals surface area contributed by atoms with Gasteiger partial charge in [0.05, 0.1) is 24.8 Å². The molecule has 1 N–H and O–H groups in total. The van der Waals surface area contributed by atoms with E-state index < -0.39 is 17.7 Å². The van der Waals surface area contributed by atoms with Crippen LogP contribution in [0.3, 0.4) is 0 Å². The van der Waals surface area contributed by atoms with E-state index in [-0.39, 0.29) is 17.9 Å². The number of pyridine rings is 1. The van der Waals surface area contributed by atoms with Gasteiger partial charge in [0.1, 0.15) is 5.76 Å². The second-order valence-corrected chi connectivity index (χ2v) is 7.73. The van der Waals surface area contributed by atoms with Crippen molar-refractivity contribution in [3.05, 3.63) is 95.3 Å². The van der Waals surface area contributed by atoms with Crippen LogP contribution in [0.2, 0.25) is 0 Å². The lowest BCUT2D eigenvalue weighted by molar-refractivity contribution is -0.140. The SMILES string of the molecule is CCOc1ccc([C@H]2C(=C(O)c3ccccc3)C(=O)C(=O)N2Cc2cccnc2)cc1OCC. The number of ether oxygens (including phenoxy) is 2. The first kappa shape index (κ1) is 23.0. The predicted octanol–water partition coefficient (Wildman–Crippen LogP) is 4.50. The minimum atomic E-state index is -0.810. The highest BCUT2D eigenvalue weighted by molar-refractivity contribution is 6.46. The molecular weight excluding hydrogens is 432 g/mol. The van der Waals surface area contributed by atoms with Crippen LogP contribution in [0.4, 0.5) is 0 Å². The van der Waals surface area contributed by atoms with Gasteiger partial charge in [0.2, 0.25) is 0 Å². The molecule has 7 nitrogen and oxygen atoms in total. The summed E-state index contributed by atoms with van der Waals surface area (Å²) in [5, 5.41) is 11.1. The number of rotatable bonds is 8. The van der Waals surface area contributed by atoms with Gasteiger partial charge in [0.25, 0.3) is 11.7 Å². The molecule has 0 bridgehead atoms. The summed E-state index contributed by atoms with van der Waals surface area (Å²) in [6.07, 6.45) is 3.29. The van der Waals surface area contributed by atoms with Crippen molar-refractivity contribution in [1.82, 2.24) is 9.88 Å². The van der Waals surface area contributed by atoms with E-state index >= 15 is 0 Å². The van der Waals surface area contributed by atoms with Crippen LogP contribution in [0, 0.1) is 0 Å². The number of hydrogen-bond acceptors (Lipinski definition) is 6. The van der Waals surface area contributed by atoms with Crippen molar-refractivity contribution in [2.75, 3.05) is 13.2 Å². The van der Waals surface area contributed by atoms with Gasteiger partial charge in [-0.05, 0) is 43.2 Å². The van der Waals surface area contributed by atoms with Crippen LogP contribution in [0.15, 0.2) is 78.6 Å². The Morgan fingerprint density at radius 3 is 2.38 bits per heavy atom. The Balaban J connectivity index is 1.87. The molecule has 7 heteroatoms. The van der Waals surface area contributed by atoms with Crippen molar-refractivity contribution in [2.24, 2.45) is 0 Å². The first-order valence-corrected chi connectivity index (χ1v) is 11.2. The quantitative estimate of drug-likeness (QED) is 0.304. The topological polar surface area (TPSA) is 89.0 Å². The van der Waals surface area contributed by atoms with E-state index in [4.69, 9.17) is 9.47 Å². The summed E-state index contributed by atoms with van der Waals surface area (Å²) in [6.45, 7) is 4.79. The first-order chi connectivity index (χ1) is 16.5. The average molecular weight is 459 g/mol. The zero-order chi connectivity index (χ0) is 24.1. The summed E-state index contributed by atoms with van der Waals surface area (Å²) in [4.78, 5) is 32.0. The van der Waals surface area contributed by atoms with Crippen molar-refractivity contribution in [3.63, 3.8) is 0 Å². The van der Waals surface area contributed by atoms with Gasteiger partial charge in [-0.3, -0.25) is 14.6 Å². The van der Waals surface area contributed by atoms with Crippen LogP contribution >= 0.6 is 0 Å². The van der Waals surface area contributed by atoms with Crippen LogP contribution in [0.5, 0.6) is 11.5 Å². The number of aromatic nitrogens is 1. The van der Waals surface area contributed by atoms with Crippen molar-refractivity contribution in [3.8, 4) is 11.5 Å². The minimum Gasteiger partial charge on any atom is -0.507 e. The number of hydrogen-bond donors (Lipinski definition) is 1. The molecule has 1 aromatic heterocycles. The number of nitrogens with zero attached hydrogens (tertiary/aromatic N) is 2. The van der Waals surface area contributed by atoms with Crippen LogP contribution < -0.4 is 9.47 Å². The Morgan fingerprint density at radius 2 is 1.71 bits per heavy atom. The Hall–Kier alpha value is -4.13. The summed E-state index contributed by atoms with van der Waals surface area (Å²) in [5.41, 5.74) is 1.90. The highest BCUT2D eigenvalue weighted by atomic mass is 16.5. The van der Waals surface area contributed by atoms with Crippen molar-refractivity contribution in [1.29, 1.82) is 0 Å². The third-order valence-corrected chi connectivity index (χ3v) is 5.55. The summed E-state index contributed by atoms with van der Waals surface area (Å²) < 4.78 is 11.4. The van der Waals surface area contributed by atoms with E-state index in [0.717, 1.165) is 5.56 Å². The molecule has 0 radical (unpaired) electrons. The minimum absolute atomic E-state index is 0.0340. The monoisotopic (exact) mass is 458 g/mol. The predicted molar refractivity (Wildman–Crippen MR) is 127 cm³/mol. The van der Waals surface area contributed by atoms with Gasteiger partial charge in [-0.25, -0.2) is 0 Å². The van der Waals surface area contributed by atoms with Gasteiger partial charge >= 0.3 is 0 Å². The van der Waals surface area contributed by atoms with Gasteiger partial charge in [0, 0.05) is 24.5 Å². The van der Waals surface area contributed by atoms with Crippen LogP contribution in [-0.4, -0.2) is 39.9 Å². The maximum absolute atomic E-state index is 13.2. The summed E-state index contributed by atoms with van der Waals surface area (Å²) in [6, 6.07) is 16.9. The molecule has 4 rings (SSSR count). The van der Waals surface area contributed by atoms with Crippen LogP contribution in [0.1, 0.15) is 36.6 Å². The fourth-order valence-corrected chi connectivity index (χ4v) is 4.07. The van der Waals surface area contributed by atoms with E-state index in [1.54, 1.807) is 60.9 Å². The zero-order valence-electron chi connectivity index (χ0n) is 19.1. The second kappa shape index (κ2) is 10.2. The Kier molecular flexibility index (Phi) is 6.92. The van der Waals surface area contributed by atoms with Gasteiger partial charge in [-0.15, -0.1) is 0 Å². The standard InChI is InChI=1S/C27H26N2O5/c1-3-33-21-13-12-20(15-22(21)34-4-2)24-23(25(30)19-10-6-5-7-11-19)26(31)27(32)29(24)17-18-9-8-14-28-16-18/h5-16,24,30H,3-4,17H2,1-2H3/t24-/m0/s1. The number of amides is 1. The van der Waals surface area contributed by atoms with Crippen LogP contribution in [-0.2, 0) is 16.1 Å². The summed E-state index contributed by atoms with van der Waals surface area (Å²) in [5.74, 6) is -0.557. The van der Waals surface area contributed by atoms with Crippen molar-refractivity contribution in [2.45, 2.75) is 26.4 Å². The number of benzene rings is 2. The fourth-order valence-electron chi connectivity index (χ4n) is 4.07. The maximum Gasteiger partial charge on any atom is 0.295 e. The Morgan fingerprint density at radius 1 is 0.971 bits per heavy atom. The van der Waals surface area contributed by atoms with E-state index in [1.807, 2.05) is 26.0 Å². The zero-order valence-corrected chi connectivity index (χ0v) is 19.1. The molecule has 2 aromatic carbocycles. The number of Topliss-reactive ketones (excluding diaryl/α,β-unsaturated/α-hetero) is 1. The molecule has 1 fully saturated rings. The molecule has 174 valence electrons. The highest BCUT2D eigenvalue weighted by Crippen LogP contribution is 2.42. The molecule has 0 aliphatic carbocycles. The Bertz CT molecular complexity index is 1210. The molecule has 1 amide bonds. The van der Waals surface area contributed by atoms with Gasteiger partial charge < -0.3 is 19.5 Å². The summed E-state index contributed by atoms with van der Waals surface area (Å²) in [7, 11) is 0. The molecule has 1 aliphatic heterocycles. The molecule has 0 unspecified atom stereocenters. The number of carbonyl (C=O) groups excluding carboxylic acids is 2. The molecule has 1 aliphatic rings. The molecule has 1 atom stereocenters. The summed E-state index contributed by atoms with van der Waals surface area (Å²) >= 11 is 0. The number of ketones is 1. The Labute approximate surface area is 198 Å². The number of carbonyl (C=O) groups is 2. The molecule has 0 spiro atoms. The smallest absolute Gasteiger partial charge is 0.295 e. The molecule has 1 saturated heterocycles. The lowest BCUT2D eigenvalue weighted by Gasteiger charge is -2.26. The molecular formula is C27H26N2O5. The molecule has 2 heterocycles. The second-order valence-electron chi connectivity index (χ2n) is 7.73. The van der Waals surface area contributed by atoms with Gasteiger partial charge in [-0.2, -0.15) is 0 Å². The lowest BCUT2D eigenvalue weighted by Crippen LogP contribution is -2.29. The fraction of sp³-hybridized carbons (Fsp3) is 0.222. The molecule has 34 heavy (non-hydrogen) atoms. The van der Waals surface area contributed by atoms with Crippen molar-refractivity contribution >= 4 is 17.4 Å². The van der Waals surface area contributed by atoms with E-state index in [2.05, 4.69) is 4.98 Å². The average Bonchev–Trinajstić information content (AvgIpc) is 3.11. The highest BCUT2D eigenvalue weighted by Gasteiger charge is 2.46. The van der Waals surface area contributed by atoms with E-state index in [0.29, 0.717) is 35.8 Å². The normalized spacial score (nSPS) is 17.1. The number of aliphatic hydroxyl groups is 1. The lowest BCUT2D eigenvalue weighted by atomic mass is 9.95. The third kappa shape index (κ3) is 4.50. The number of likely N-dealkylation sites (tertiary alicyclic amines) is 1. The molecule has 3 aromatic rings. The van der Waals surface area contributed by atoms with E-state index in [1.165, 1.54) is 4.90 Å². The van der Waals surface area contributed by atoms with Crippen LogP contribution in [0.25, 0.3) is 5.76 Å². The third-order valence-electron chi connectivity index (χ3n) is 5.55. The van der Waals surface area contributed by atoms with Crippen molar-refractivity contribution < 1.29 is 24.2 Å². The maximum atomic E-state index is 13.2. The molecule has 0 saturated carbocycles.